The third-order valence-corrected chi connectivity index (χ3v) is 8.81. The zero-order valence-corrected chi connectivity index (χ0v) is 23.7. The van der Waals surface area contributed by atoms with Gasteiger partial charge in [0.15, 0.2) is 11.5 Å². The van der Waals surface area contributed by atoms with Crippen molar-refractivity contribution < 1.29 is 32.5 Å². The number of likely N-dealkylation sites (tertiary alicyclic amines) is 1. The van der Waals surface area contributed by atoms with E-state index in [0.29, 0.717) is 41.5 Å². The molecule has 42 heavy (non-hydrogen) atoms. The Labute approximate surface area is 242 Å². The fourth-order valence-electron chi connectivity index (χ4n) is 6.24. The number of benzene rings is 2. The maximum Gasteiger partial charge on any atom is 0.328 e. The number of para-hydroxylation sites is 1. The first-order valence-electron chi connectivity index (χ1n) is 14.4. The average Bonchev–Trinajstić information content (AvgIpc) is 3.49. The molecule has 2 atom stereocenters. The number of fused-ring (bicyclic) bond motifs is 1. The highest BCUT2D eigenvalue weighted by Crippen LogP contribution is 2.50. The van der Waals surface area contributed by atoms with E-state index in [9.17, 15) is 18.0 Å². The van der Waals surface area contributed by atoms with Gasteiger partial charge < -0.3 is 19.1 Å². The maximum absolute atomic E-state index is 14.8. The van der Waals surface area contributed by atoms with Crippen LogP contribution in [0.3, 0.4) is 0 Å². The largest absolute Gasteiger partial charge is 0.478 e. The van der Waals surface area contributed by atoms with E-state index in [2.05, 4.69) is 9.88 Å². The van der Waals surface area contributed by atoms with Crippen molar-refractivity contribution in [1.82, 2.24) is 14.5 Å². The molecule has 1 saturated carbocycles. The molecule has 0 bridgehead atoms. The highest BCUT2D eigenvalue weighted by Gasteiger charge is 2.48. The molecule has 2 aromatic carbocycles. The minimum Gasteiger partial charge on any atom is -0.478 e. The zero-order valence-electron chi connectivity index (χ0n) is 23.7. The van der Waals surface area contributed by atoms with Crippen LogP contribution in [0, 0.1) is 18.7 Å². The number of rotatable bonds is 8. The topological polar surface area (TPSA) is 76.8 Å². The van der Waals surface area contributed by atoms with Crippen LogP contribution in [0.2, 0.25) is 0 Å². The second kappa shape index (κ2) is 10.8. The molecule has 0 radical (unpaired) electrons. The number of carboxylic acids is 1. The Morgan fingerprint density at radius 3 is 2.62 bits per heavy atom. The van der Waals surface area contributed by atoms with E-state index in [1.807, 2.05) is 31.2 Å². The quantitative estimate of drug-likeness (QED) is 0.306. The molecule has 3 heterocycles. The maximum atomic E-state index is 14.8. The Bertz CT molecular complexity index is 1530. The summed E-state index contributed by atoms with van der Waals surface area (Å²) in [5, 5.41) is 9.06. The molecule has 1 aliphatic carbocycles. The Hall–Kier alpha value is -3.79. The predicted octanol–water partition coefficient (Wildman–Crippen LogP) is 6.50. The predicted molar refractivity (Wildman–Crippen MR) is 150 cm³/mol. The van der Waals surface area contributed by atoms with E-state index in [-0.39, 0.29) is 24.7 Å². The summed E-state index contributed by atoms with van der Waals surface area (Å²) in [6, 6.07) is 10.8. The molecule has 222 valence electrons. The Morgan fingerprint density at radius 2 is 1.95 bits per heavy atom. The second-order valence-corrected chi connectivity index (χ2v) is 11.7. The number of halogens is 3. The van der Waals surface area contributed by atoms with Crippen LogP contribution in [0.1, 0.15) is 66.7 Å². The van der Waals surface area contributed by atoms with Gasteiger partial charge in [0, 0.05) is 37.4 Å². The normalized spacial score (nSPS) is 23.8. The number of imidazole rings is 1. The highest BCUT2D eigenvalue weighted by molar-refractivity contribution is 5.84. The first-order chi connectivity index (χ1) is 20.0. The van der Waals surface area contributed by atoms with E-state index < -0.39 is 23.6 Å². The van der Waals surface area contributed by atoms with Gasteiger partial charge in [-0.1, -0.05) is 18.2 Å². The standard InChI is InChI=1S/C32H34F3N3O4/c1-20-6-8-25(26(33)16-20)31(2)41-27-5-3-4-24(30(27)42-31)21-11-14-37(15-12-21)19-28-36-17-23(7-9-29(39)40)38(28)18-22-10-13-32(22,34)35/h3-9,16-17,21-22H,10-15,18-19H2,1-2H3,(H,39,40)/b9-7+. The van der Waals surface area contributed by atoms with Crippen LogP contribution in [-0.2, 0) is 23.7 Å². The van der Waals surface area contributed by atoms with Crippen LogP contribution in [0.15, 0.2) is 48.7 Å². The summed E-state index contributed by atoms with van der Waals surface area (Å²) in [6.07, 6.45) is 5.95. The number of aromatic nitrogens is 2. The van der Waals surface area contributed by atoms with Gasteiger partial charge in [-0.05, 0) is 75.0 Å². The zero-order chi connectivity index (χ0) is 29.6. The average molecular weight is 582 g/mol. The van der Waals surface area contributed by atoms with Gasteiger partial charge in [-0.15, -0.1) is 0 Å². The molecular formula is C32H34F3N3O4. The molecule has 1 N–H and O–H groups in total. The molecule has 0 amide bonds. The molecule has 2 fully saturated rings. The molecule has 2 aliphatic heterocycles. The SMILES string of the molecule is Cc1ccc(C2(C)Oc3cccc(C4CCN(Cc5ncc(/C=C/C(=O)O)n5CC5CCC5(F)F)CC4)c3O2)c(F)c1. The van der Waals surface area contributed by atoms with Crippen molar-refractivity contribution in [1.29, 1.82) is 0 Å². The van der Waals surface area contributed by atoms with Crippen molar-refractivity contribution in [3.63, 3.8) is 0 Å². The Balaban J connectivity index is 1.15. The minimum absolute atomic E-state index is 0.103. The fraction of sp³-hybridized carbons (Fsp3) is 0.438. The van der Waals surface area contributed by atoms with Gasteiger partial charge in [-0.3, -0.25) is 4.90 Å². The van der Waals surface area contributed by atoms with Gasteiger partial charge in [0.1, 0.15) is 11.6 Å². The third-order valence-electron chi connectivity index (χ3n) is 8.81. The van der Waals surface area contributed by atoms with Crippen molar-refractivity contribution in [3.8, 4) is 11.5 Å². The Kier molecular flexibility index (Phi) is 7.29. The van der Waals surface area contributed by atoms with Gasteiger partial charge in [-0.25, -0.2) is 22.9 Å². The molecule has 1 aromatic heterocycles. The van der Waals surface area contributed by atoms with E-state index in [1.54, 1.807) is 23.8 Å². The van der Waals surface area contributed by atoms with Crippen molar-refractivity contribution in [2.75, 3.05) is 13.1 Å². The van der Waals surface area contributed by atoms with Crippen molar-refractivity contribution in [2.24, 2.45) is 5.92 Å². The first-order valence-corrected chi connectivity index (χ1v) is 14.4. The van der Waals surface area contributed by atoms with Crippen LogP contribution in [-0.4, -0.2) is 44.5 Å². The lowest BCUT2D eigenvalue weighted by Crippen LogP contribution is -2.42. The summed E-state index contributed by atoms with van der Waals surface area (Å²) >= 11 is 0. The number of nitrogens with zero attached hydrogens (tertiary/aromatic N) is 3. The van der Waals surface area contributed by atoms with E-state index in [0.717, 1.165) is 43.1 Å². The number of alkyl halides is 2. The molecule has 10 heteroatoms. The van der Waals surface area contributed by atoms with Crippen LogP contribution in [0.25, 0.3) is 6.08 Å². The lowest BCUT2D eigenvalue weighted by Gasteiger charge is -2.37. The van der Waals surface area contributed by atoms with E-state index >= 15 is 0 Å². The number of carboxylic acid groups (broad SMARTS) is 1. The van der Waals surface area contributed by atoms with Crippen LogP contribution < -0.4 is 9.47 Å². The fourth-order valence-corrected chi connectivity index (χ4v) is 6.24. The highest BCUT2D eigenvalue weighted by atomic mass is 19.3. The number of hydrogen-bond donors (Lipinski definition) is 1. The van der Waals surface area contributed by atoms with Gasteiger partial charge in [0.25, 0.3) is 11.7 Å². The first kappa shape index (κ1) is 28.3. The second-order valence-electron chi connectivity index (χ2n) is 11.7. The molecule has 3 aromatic rings. The van der Waals surface area contributed by atoms with Crippen molar-refractivity contribution in [3.05, 3.63) is 82.7 Å². The lowest BCUT2D eigenvalue weighted by molar-refractivity contribution is -0.137. The monoisotopic (exact) mass is 581 g/mol. The number of hydrogen-bond acceptors (Lipinski definition) is 5. The summed E-state index contributed by atoms with van der Waals surface area (Å²) in [5.74, 6) is -4.15. The summed E-state index contributed by atoms with van der Waals surface area (Å²) in [6.45, 7) is 5.65. The smallest absolute Gasteiger partial charge is 0.328 e. The number of ether oxygens (including phenoxy) is 2. The molecular weight excluding hydrogens is 547 g/mol. The van der Waals surface area contributed by atoms with E-state index in [1.165, 1.54) is 12.1 Å². The van der Waals surface area contributed by atoms with Gasteiger partial charge >= 0.3 is 5.97 Å². The van der Waals surface area contributed by atoms with Crippen LogP contribution >= 0.6 is 0 Å². The summed E-state index contributed by atoms with van der Waals surface area (Å²) in [4.78, 5) is 17.8. The molecule has 0 spiro atoms. The van der Waals surface area contributed by atoms with Gasteiger partial charge in [0.2, 0.25) is 0 Å². The molecule has 3 aliphatic rings. The van der Waals surface area contributed by atoms with Crippen molar-refractivity contribution >= 4 is 12.0 Å². The van der Waals surface area contributed by atoms with Crippen LogP contribution in [0.5, 0.6) is 11.5 Å². The molecule has 1 saturated heterocycles. The molecule has 6 rings (SSSR count). The number of aryl methyl sites for hydroxylation is 1. The third kappa shape index (κ3) is 5.40. The number of aliphatic carboxylic acids is 1. The minimum atomic E-state index is -2.71. The summed E-state index contributed by atoms with van der Waals surface area (Å²) in [7, 11) is 0. The van der Waals surface area contributed by atoms with Crippen LogP contribution in [0.4, 0.5) is 13.2 Å². The van der Waals surface area contributed by atoms with E-state index in [4.69, 9.17) is 14.6 Å². The number of piperidine rings is 1. The molecule has 2 unspecified atom stereocenters. The summed E-state index contributed by atoms with van der Waals surface area (Å²) < 4.78 is 57.3. The summed E-state index contributed by atoms with van der Waals surface area (Å²) in [5.41, 5.74) is 2.70. The molecule has 7 nitrogen and oxygen atoms in total. The number of carbonyl (C=O) groups is 1. The lowest BCUT2D eigenvalue weighted by atomic mass is 9.80. The van der Waals surface area contributed by atoms with Crippen molar-refractivity contribution in [2.45, 2.75) is 70.2 Å². The van der Waals surface area contributed by atoms with Gasteiger partial charge in [0.05, 0.1) is 24.0 Å². The van der Waals surface area contributed by atoms with Gasteiger partial charge in [-0.2, -0.15) is 0 Å². The Morgan fingerprint density at radius 1 is 1.17 bits per heavy atom.